The molecule has 0 unspecified atom stereocenters. The van der Waals surface area contributed by atoms with E-state index in [1.165, 1.54) is 21.6 Å². The average Bonchev–Trinajstić information content (AvgIpc) is 2.99. The van der Waals surface area contributed by atoms with Gasteiger partial charge in [-0.25, -0.2) is 4.98 Å². The second kappa shape index (κ2) is 5.70. The van der Waals surface area contributed by atoms with Crippen LogP contribution in [0.3, 0.4) is 0 Å². The Labute approximate surface area is 140 Å². The number of hydrogen-bond donors (Lipinski definition) is 1. The van der Waals surface area contributed by atoms with Gasteiger partial charge in [0, 0.05) is 16.1 Å². The van der Waals surface area contributed by atoms with Gasteiger partial charge in [-0.2, -0.15) is 0 Å². The standard InChI is InChI=1S/C19H18N2OS/c1-12-5-3-4-6-16(12)20-19-21-18-15-9-8-14(22-2)11-13(15)7-10-17(18)23-19/h3-6,8-9,11H,7,10H2,1-2H3,(H,20,21). The molecule has 4 heteroatoms. The molecule has 0 bridgehead atoms. The monoisotopic (exact) mass is 322 g/mol. The number of thiazole rings is 1. The van der Waals surface area contributed by atoms with Crippen molar-refractivity contribution in [3.05, 3.63) is 58.5 Å². The Morgan fingerprint density at radius 2 is 2.00 bits per heavy atom. The maximum Gasteiger partial charge on any atom is 0.187 e. The highest BCUT2D eigenvalue weighted by Crippen LogP contribution is 2.40. The lowest BCUT2D eigenvalue weighted by atomic mass is 9.93. The topological polar surface area (TPSA) is 34.1 Å². The summed E-state index contributed by atoms with van der Waals surface area (Å²) in [6.07, 6.45) is 2.09. The molecule has 0 spiro atoms. The normalized spacial score (nSPS) is 12.4. The molecule has 3 aromatic rings. The Morgan fingerprint density at radius 1 is 1.13 bits per heavy atom. The average molecular weight is 322 g/mol. The molecule has 2 aromatic carbocycles. The van der Waals surface area contributed by atoms with Gasteiger partial charge in [0.1, 0.15) is 5.75 Å². The maximum atomic E-state index is 5.34. The van der Waals surface area contributed by atoms with Gasteiger partial charge in [-0.15, -0.1) is 11.3 Å². The number of hydrogen-bond acceptors (Lipinski definition) is 4. The SMILES string of the molecule is COc1ccc2c(c1)CCc1sc(Nc3ccccc3C)nc1-2. The number of nitrogens with zero attached hydrogens (tertiary/aromatic N) is 1. The molecule has 0 atom stereocenters. The Morgan fingerprint density at radius 3 is 2.83 bits per heavy atom. The first-order chi connectivity index (χ1) is 11.2. The first-order valence-electron chi connectivity index (χ1n) is 7.74. The van der Waals surface area contributed by atoms with Crippen LogP contribution in [0.1, 0.15) is 16.0 Å². The van der Waals surface area contributed by atoms with Gasteiger partial charge in [0.15, 0.2) is 5.13 Å². The third-order valence-corrected chi connectivity index (χ3v) is 5.30. The Balaban J connectivity index is 1.70. The number of para-hydroxylation sites is 1. The summed E-state index contributed by atoms with van der Waals surface area (Å²) in [5.74, 6) is 0.917. The molecule has 1 aliphatic carbocycles. The molecule has 0 aliphatic heterocycles. The van der Waals surface area contributed by atoms with Gasteiger partial charge in [-0.3, -0.25) is 0 Å². The molecule has 1 N–H and O–H groups in total. The zero-order valence-electron chi connectivity index (χ0n) is 13.2. The van der Waals surface area contributed by atoms with E-state index in [-0.39, 0.29) is 0 Å². The largest absolute Gasteiger partial charge is 0.497 e. The van der Waals surface area contributed by atoms with Crippen LogP contribution < -0.4 is 10.1 Å². The van der Waals surface area contributed by atoms with Crippen LogP contribution in [0.25, 0.3) is 11.3 Å². The van der Waals surface area contributed by atoms with Crippen molar-refractivity contribution in [2.75, 3.05) is 12.4 Å². The summed E-state index contributed by atoms with van der Waals surface area (Å²) in [4.78, 5) is 6.21. The lowest BCUT2D eigenvalue weighted by Gasteiger charge is -2.15. The fraction of sp³-hybridized carbons (Fsp3) is 0.211. The number of benzene rings is 2. The van der Waals surface area contributed by atoms with E-state index in [0.29, 0.717) is 0 Å². The summed E-state index contributed by atoms with van der Waals surface area (Å²) in [5, 5.41) is 4.43. The first kappa shape index (κ1) is 14.3. The van der Waals surface area contributed by atoms with Crippen LogP contribution >= 0.6 is 11.3 Å². The van der Waals surface area contributed by atoms with Gasteiger partial charge >= 0.3 is 0 Å². The number of fused-ring (bicyclic) bond motifs is 3. The van der Waals surface area contributed by atoms with Gasteiger partial charge in [-0.05, 0) is 55.2 Å². The van der Waals surface area contributed by atoms with Gasteiger partial charge in [0.2, 0.25) is 0 Å². The molecule has 1 heterocycles. The van der Waals surface area contributed by atoms with Crippen molar-refractivity contribution in [3.8, 4) is 17.0 Å². The number of aryl methyl sites for hydroxylation is 3. The number of nitrogens with one attached hydrogen (secondary N) is 1. The Kier molecular flexibility index (Phi) is 3.54. The van der Waals surface area contributed by atoms with Crippen molar-refractivity contribution in [1.29, 1.82) is 0 Å². The maximum absolute atomic E-state index is 5.34. The van der Waals surface area contributed by atoms with E-state index in [1.807, 2.05) is 12.1 Å². The van der Waals surface area contributed by atoms with E-state index in [4.69, 9.17) is 9.72 Å². The molecular formula is C19H18N2OS. The van der Waals surface area contributed by atoms with E-state index in [0.717, 1.165) is 35.1 Å². The molecule has 0 amide bonds. The van der Waals surface area contributed by atoms with Crippen molar-refractivity contribution >= 4 is 22.2 Å². The van der Waals surface area contributed by atoms with E-state index in [1.54, 1.807) is 18.4 Å². The number of rotatable bonds is 3. The fourth-order valence-corrected chi connectivity index (χ4v) is 3.98. The highest BCUT2D eigenvalue weighted by Gasteiger charge is 2.21. The van der Waals surface area contributed by atoms with Crippen LogP contribution in [0.5, 0.6) is 5.75 Å². The fourth-order valence-electron chi connectivity index (χ4n) is 3.00. The van der Waals surface area contributed by atoms with E-state index in [9.17, 15) is 0 Å². The zero-order chi connectivity index (χ0) is 15.8. The lowest BCUT2D eigenvalue weighted by Crippen LogP contribution is -2.02. The van der Waals surface area contributed by atoms with E-state index in [2.05, 4.69) is 42.6 Å². The summed E-state index contributed by atoms with van der Waals surface area (Å²) >= 11 is 1.76. The van der Waals surface area contributed by atoms with Crippen LogP contribution in [0.15, 0.2) is 42.5 Å². The van der Waals surface area contributed by atoms with Crippen molar-refractivity contribution in [1.82, 2.24) is 4.98 Å². The quantitative estimate of drug-likeness (QED) is 0.739. The van der Waals surface area contributed by atoms with Crippen molar-refractivity contribution in [2.45, 2.75) is 19.8 Å². The highest BCUT2D eigenvalue weighted by molar-refractivity contribution is 7.16. The minimum absolute atomic E-state index is 0.917. The summed E-state index contributed by atoms with van der Waals surface area (Å²) in [6, 6.07) is 14.6. The zero-order valence-corrected chi connectivity index (χ0v) is 14.0. The van der Waals surface area contributed by atoms with Crippen molar-refractivity contribution < 1.29 is 4.74 Å². The molecule has 0 fully saturated rings. The third kappa shape index (κ3) is 2.59. The Bertz CT molecular complexity index is 870. The van der Waals surface area contributed by atoms with Crippen LogP contribution in [0.4, 0.5) is 10.8 Å². The summed E-state index contributed by atoms with van der Waals surface area (Å²) in [6.45, 7) is 2.11. The van der Waals surface area contributed by atoms with E-state index >= 15 is 0 Å². The highest BCUT2D eigenvalue weighted by atomic mass is 32.1. The number of methoxy groups -OCH3 is 1. The van der Waals surface area contributed by atoms with Crippen LogP contribution in [0, 0.1) is 6.92 Å². The van der Waals surface area contributed by atoms with Gasteiger partial charge < -0.3 is 10.1 Å². The lowest BCUT2D eigenvalue weighted by molar-refractivity contribution is 0.414. The molecule has 0 saturated carbocycles. The molecule has 116 valence electrons. The number of ether oxygens (including phenoxy) is 1. The van der Waals surface area contributed by atoms with Crippen LogP contribution in [-0.4, -0.2) is 12.1 Å². The summed E-state index contributed by atoms with van der Waals surface area (Å²) in [7, 11) is 1.71. The van der Waals surface area contributed by atoms with Gasteiger partial charge in [0.05, 0.1) is 12.8 Å². The van der Waals surface area contributed by atoms with Crippen molar-refractivity contribution in [2.24, 2.45) is 0 Å². The first-order valence-corrected chi connectivity index (χ1v) is 8.56. The number of aromatic nitrogens is 1. The minimum atomic E-state index is 0.917. The minimum Gasteiger partial charge on any atom is -0.497 e. The molecule has 0 radical (unpaired) electrons. The number of anilines is 2. The summed E-state index contributed by atoms with van der Waals surface area (Å²) in [5.41, 5.74) is 6.03. The predicted octanol–water partition coefficient (Wildman–Crippen LogP) is 4.97. The molecule has 23 heavy (non-hydrogen) atoms. The second-order valence-electron chi connectivity index (χ2n) is 5.75. The molecule has 3 nitrogen and oxygen atoms in total. The molecule has 1 aliphatic rings. The molecule has 0 saturated heterocycles. The van der Waals surface area contributed by atoms with Crippen molar-refractivity contribution in [3.63, 3.8) is 0 Å². The van der Waals surface area contributed by atoms with Gasteiger partial charge in [0.25, 0.3) is 0 Å². The third-order valence-electron chi connectivity index (χ3n) is 4.27. The smallest absolute Gasteiger partial charge is 0.187 e. The van der Waals surface area contributed by atoms with Crippen LogP contribution in [0.2, 0.25) is 0 Å². The van der Waals surface area contributed by atoms with Crippen LogP contribution in [-0.2, 0) is 12.8 Å². The Hall–Kier alpha value is -2.33. The molecule has 4 rings (SSSR count). The predicted molar refractivity (Wildman–Crippen MR) is 96.0 cm³/mol. The molecule has 1 aromatic heterocycles. The van der Waals surface area contributed by atoms with Gasteiger partial charge in [-0.1, -0.05) is 18.2 Å². The summed E-state index contributed by atoms with van der Waals surface area (Å²) < 4.78 is 5.34. The molecular weight excluding hydrogens is 304 g/mol. The van der Waals surface area contributed by atoms with E-state index < -0.39 is 0 Å². The second-order valence-corrected chi connectivity index (χ2v) is 6.84.